The molecule has 9 heteroatoms. The van der Waals surface area contributed by atoms with E-state index in [-0.39, 0.29) is 24.7 Å². The summed E-state index contributed by atoms with van der Waals surface area (Å²) in [6.45, 7) is 2.08. The molecule has 43 heavy (non-hydrogen) atoms. The first-order valence-electron chi connectivity index (χ1n) is 14.2. The van der Waals surface area contributed by atoms with Crippen LogP contribution >= 0.6 is 0 Å². The summed E-state index contributed by atoms with van der Waals surface area (Å²) in [5.74, 6) is 0. The summed E-state index contributed by atoms with van der Waals surface area (Å²) in [6, 6.07) is 35.1. The van der Waals surface area contributed by atoms with E-state index in [2.05, 4.69) is 0 Å². The first-order valence-corrected chi connectivity index (χ1v) is 15.6. The van der Waals surface area contributed by atoms with Gasteiger partial charge in [0.2, 0.25) is 0 Å². The zero-order valence-electron chi connectivity index (χ0n) is 23.9. The van der Waals surface area contributed by atoms with Crippen LogP contribution in [0.4, 0.5) is 0 Å². The standard InChI is InChI=1S/C34H36O8S/c1-25-17-19-29(20-18-25)43(36,37)41-24-30-31(38-21-26-11-5-2-6-12-26)32(39-22-27-13-7-3-8-14-27)33(34(35)42-30)40-23-28-15-9-4-10-16-28/h2-20,30-35H,21-24H2,1H3/t30-,31+,32+,33-,34-/m1/s1. The van der Waals surface area contributed by atoms with Crippen LogP contribution in [0.3, 0.4) is 0 Å². The molecule has 0 saturated carbocycles. The van der Waals surface area contributed by atoms with Crippen molar-refractivity contribution in [3.05, 3.63) is 138 Å². The third-order valence-corrected chi connectivity index (χ3v) is 8.46. The minimum Gasteiger partial charge on any atom is -0.368 e. The van der Waals surface area contributed by atoms with Crippen LogP contribution < -0.4 is 0 Å². The molecule has 1 saturated heterocycles. The Labute approximate surface area is 252 Å². The van der Waals surface area contributed by atoms with Crippen LogP contribution in [0.1, 0.15) is 22.3 Å². The van der Waals surface area contributed by atoms with Gasteiger partial charge in [-0.3, -0.25) is 4.18 Å². The highest BCUT2D eigenvalue weighted by molar-refractivity contribution is 7.86. The predicted molar refractivity (Wildman–Crippen MR) is 160 cm³/mol. The van der Waals surface area contributed by atoms with Gasteiger partial charge in [-0.15, -0.1) is 0 Å². The van der Waals surface area contributed by atoms with Gasteiger partial charge in [-0.25, -0.2) is 0 Å². The maximum atomic E-state index is 13.0. The van der Waals surface area contributed by atoms with Crippen LogP contribution in [-0.4, -0.2) is 50.8 Å². The largest absolute Gasteiger partial charge is 0.368 e. The molecule has 5 rings (SSSR count). The first-order chi connectivity index (χ1) is 20.9. The zero-order chi connectivity index (χ0) is 30.1. The van der Waals surface area contributed by atoms with Crippen molar-refractivity contribution in [2.75, 3.05) is 6.61 Å². The molecular weight excluding hydrogens is 568 g/mol. The molecular formula is C34H36O8S. The zero-order valence-corrected chi connectivity index (χ0v) is 24.7. The van der Waals surface area contributed by atoms with Crippen LogP contribution in [-0.2, 0) is 53.1 Å². The number of hydrogen-bond acceptors (Lipinski definition) is 8. The van der Waals surface area contributed by atoms with E-state index < -0.39 is 47.4 Å². The lowest BCUT2D eigenvalue weighted by Gasteiger charge is -2.44. The molecule has 0 aliphatic carbocycles. The molecule has 0 bridgehead atoms. The average Bonchev–Trinajstić information content (AvgIpc) is 3.03. The second kappa shape index (κ2) is 14.9. The van der Waals surface area contributed by atoms with Crippen molar-refractivity contribution in [1.29, 1.82) is 0 Å². The van der Waals surface area contributed by atoms with Crippen molar-refractivity contribution < 1.29 is 36.7 Å². The first kappa shape index (κ1) is 31.0. The lowest BCUT2D eigenvalue weighted by molar-refractivity contribution is -0.314. The molecule has 5 atom stereocenters. The SMILES string of the molecule is Cc1ccc(S(=O)(=O)OC[C@H]2O[C@@H](O)[C@H](OCc3ccccc3)[C@@H](OCc3ccccc3)[C@H]2OCc2ccccc2)cc1. The van der Waals surface area contributed by atoms with Gasteiger partial charge < -0.3 is 24.1 Å². The van der Waals surface area contributed by atoms with Gasteiger partial charge in [-0.2, -0.15) is 8.42 Å². The predicted octanol–water partition coefficient (Wildman–Crippen LogP) is 5.17. The smallest absolute Gasteiger partial charge is 0.297 e. The normalized spacial score (nSPS) is 22.3. The second-order valence-corrected chi connectivity index (χ2v) is 12.0. The van der Waals surface area contributed by atoms with Gasteiger partial charge in [0, 0.05) is 0 Å². The molecule has 1 aliphatic heterocycles. The molecule has 8 nitrogen and oxygen atoms in total. The van der Waals surface area contributed by atoms with Gasteiger partial charge in [0.15, 0.2) is 6.29 Å². The third-order valence-electron chi connectivity index (χ3n) is 7.16. The summed E-state index contributed by atoms with van der Waals surface area (Å²) in [5.41, 5.74) is 3.66. The van der Waals surface area contributed by atoms with Crippen LogP contribution in [0.2, 0.25) is 0 Å². The minimum absolute atomic E-state index is 0.0251. The Hall–Kier alpha value is -3.41. The van der Waals surface area contributed by atoms with Gasteiger partial charge >= 0.3 is 0 Å². The van der Waals surface area contributed by atoms with Crippen molar-refractivity contribution in [2.45, 2.75) is 62.3 Å². The fourth-order valence-corrected chi connectivity index (χ4v) is 5.75. The molecule has 4 aromatic rings. The molecule has 1 fully saturated rings. The van der Waals surface area contributed by atoms with Gasteiger partial charge in [0.05, 0.1) is 31.3 Å². The van der Waals surface area contributed by atoms with Crippen LogP contribution in [0.25, 0.3) is 0 Å². The highest BCUT2D eigenvalue weighted by Crippen LogP contribution is 2.30. The van der Waals surface area contributed by atoms with E-state index in [1.807, 2.05) is 97.9 Å². The van der Waals surface area contributed by atoms with E-state index in [0.29, 0.717) is 0 Å². The van der Waals surface area contributed by atoms with Crippen molar-refractivity contribution in [2.24, 2.45) is 0 Å². The van der Waals surface area contributed by atoms with E-state index in [9.17, 15) is 13.5 Å². The van der Waals surface area contributed by atoms with Gasteiger partial charge in [0.25, 0.3) is 10.1 Å². The van der Waals surface area contributed by atoms with Gasteiger partial charge in [-0.1, -0.05) is 109 Å². The highest BCUT2D eigenvalue weighted by atomic mass is 32.2. The lowest BCUT2D eigenvalue weighted by Crippen LogP contribution is -2.61. The summed E-state index contributed by atoms with van der Waals surface area (Å²) in [5, 5.41) is 11.2. The Morgan fingerprint density at radius 1 is 0.628 bits per heavy atom. The average molecular weight is 605 g/mol. The second-order valence-electron chi connectivity index (χ2n) is 10.4. The number of aryl methyl sites for hydroxylation is 1. The molecule has 1 heterocycles. The summed E-state index contributed by atoms with van der Waals surface area (Å²) in [4.78, 5) is 0.0251. The van der Waals surface area contributed by atoms with Gasteiger partial charge in [0.1, 0.15) is 24.4 Å². The number of aliphatic hydroxyl groups excluding tert-OH is 1. The Kier molecular flexibility index (Phi) is 10.7. The Bertz CT molecular complexity index is 1500. The van der Waals surface area contributed by atoms with Crippen molar-refractivity contribution in [3.63, 3.8) is 0 Å². The maximum absolute atomic E-state index is 13.0. The fraction of sp³-hybridized carbons (Fsp3) is 0.294. The lowest BCUT2D eigenvalue weighted by atomic mass is 9.98. The van der Waals surface area contributed by atoms with E-state index >= 15 is 0 Å². The topological polar surface area (TPSA) is 101 Å². The number of rotatable bonds is 13. The number of ether oxygens (including phenoxy) is 4. The third kappa shape index (κ3) is 8.58. The summed E-state index contributed by atoms with van der Waals surface area (Å²) in [6.07, 6.45) is -5.03. The minimum atomic E-state index is -4.11. The molecule has 0 amide bonds. The fourth-order valence-electron chi connectivity index (χ4n) is 4.83. The van der Waals surface area contributed by atoms with E-state index in [1.165, 1.54) is 12.1 Å². The van der Waals surface area contributed by atoms with Gasteiger partial charge in [-0.05, 0) is 35.7 Å². The van der Waals surface area contributed by atoms with Crippen LogP contribution in [0, 0.1) is 6.92 Å². The summed E-state index contributed by atoms with van der Waals surface area (Å²) < 4.78 is 56.5. The molecule has 1 aliphatic rings. The quantitative estimate of drug-likeness (QED) is 0.209. The molecule has 1 N–H and O–H groups in total. The van der Waals surface area contributed by atoms with E-state index in [0.717, 1.165) is 22.3 Å². The molecule has 226 valence electrons. The number of aliphatic hydroxyl groups is 1. The number of hydrogen-bond donors (Lipinski definition) is 1. The molecule has 0 unspecified atom stereocenters. The van der Waals surface area contributed by atoms with Crippen molar-refractivity contribution in [3.8, 4) is 0 Å². The van der Waals surface area contributed by atoms with Crippen LogP contribution in [0.5, 0.6) is 0 Å². The molecule has 4 aromatic carbocycles. The molecule has 0 spiro atoms. The van der Waals surface area contributed by atoms with Crippen LogP contribution in [0.15, 0.2) is 120 Å². The summed E-state index contributed by atoms with van der Waals surface area (Å²) >= 11 is 0. The van der Waals surface area contributed by atoms with E-state index in [1.54, 1.807) is 12.1 Å². The Morgan fingerprint density at radius 2 is 1.07 bits per heavy atom. The van der Waals surface area contributed by atoms with Crippen molar-refractivity contribution >= 4 is 10.1 Å². The van der Waals surface area contributed by atoms with Crippen molar-refractivity contribution in [1.82, 2.24) is 0 Å². The monoisotopic (exact) mass is 604 g/mol. The highest BCUT2D eigenvalue weighted by Gasteiger charge is 2.48. The Balaban J connectivity index is 1.40. The summed E-state index contributed by atoms with van der Waals surface area (Å²) in [7, 11) is -4.11. The number of benzene rings is 4. The maximum Gasteiger partial charge on any atom is 0.297 e. The van der Waals surface area contributed by atoms with E-state index in [4.69, 9.17) is 23.1 Å². The molecule has 0 radical (unpaired) electrons. The molecule has 0 aromatic heterocycles. The Morgan fingerprint density at radius 3 is 1.56 bits per heavy atom.